The van der Waals surface area contributed by atoms with Gasteiger partial charge < -0.3 is 19.9 Å². The third-order valence-corrected chi connectivity index (χ3v) is 3.47. The minimum Gasteiger partial charge on any atom is -0.466 e. The Bertz CT molecular complexity index is 435. The van der Waals surface area contributed by atoms with Gasteiger partial charge in [-0.2, -0.15) is 0 Å². The predicted molar refractivity (Wildman–Crippen MR) is 82.0 cm³/mol. The Morgan fingerprint density at radius 1 is 1.45 bits per heavy atom. The minimum atomic E-state index is -0.413. The molecule has 1 aliphatic heterocycles. The first-order chi connectivity index (χ1) is 10.4. The number of likely N-dealkylation sites (N-methyl/N-ethyl adjacent to an activating group) is 1. The van der Waals surface area contributed by atoms with Crippen molar-refractivity contribution in [3.63, 3.8) is 0 Å². The van der Waals surface area contributed by atoms with Crippen LogP contribution in [0.5, 0.6) is 0 Å². The lowest BCUT2D eigenvalue weighted by Crippen LogP contribution is -2.35. The van der Waals surface area contributed by atoms with Crippen molar-refractivity contribution in [1.29, 1.82) is 0 Å². The first-order valence-corrected chi connectivity index (χ1v) is 7.38. The van der Waals surface area contributed by atoms with E-state index >= 15 is 0 Å². The van der Waals surface area contributed by atoms with Crippen LogP contribution < -0.4 is 5.32 Å². The van der Waals surface area contributed by atoms with Crippen molar-refractivity contribution in [3.8, 4) is 0 Å². The van der Waals surface area contributed by atoms with Crippen LogP contribution in [0.3, 0.4) is 0 Å². The average molecular weight is 311 g/mol. The average Bonchev–Trinajstić information content (AvgIpc) is 2.85. The molecule has 1 saturated heterocycles. The number of nitrogens with zero attached hydrogens (tertiary/aromatic N) is 2. The van der Waals surface area contributed by atoms with Crippen molar-refractivity contribution < 1.29 is 19.1 Å². The number of methoxy groups -OCH3 is 1. The van der Waals surface area contributed by atoms with Crippen LogP contribution in [0.25, 0.3) is 0 Å². The molecule has 0 aliphatic carbocycles. The summed E-state index contributed by atoms with van der Waals surface area (Å²) in [6.07, 6.45) is 3.80. The molecule has 7 heteroatoms. The van der Waals surface area contributed by atoms with E-state index in [2.05, 4.69) is 10.1 Å². The Morgan fingerprint density at radius 2 is 2.18 bits per heavy atom. The Hall–Kier alpha value is -1.89. The number of hydrogen-bond acceptors (Lipinski definition) is 5. The van der Waals surface area contributed by atoms with Crippen molar-refractivity contribution in [2.75, 3.05) is 47.4 Å². The van der Waals surface area contributed by atoms with E-state index in [1.54, 1.807) is 11.0 Å². The molecule has 0 radical (unpaired) electrons. The summed E-state index contributed by atoms with van der Waals surface area (Å²) in [4.78, 5) is 38.5. The zero-order valence-electron chi connectivity index (χ0n) is 13.5. The highest BCUT2D eigenvalue weighted by molar-refractivity contribution is 5.89. The smallest absolute Gasteiger partial charge is 0.330 e. The minimum absolute atomic E-state index is 0.0348. The highest BCUT2D eigenvalue weighted by atomic mass is 16.5. The van der Waals surface area contributed by atoms with E-state index in [0.717, 1.165) is 6.54 Å². The molecule has 124 valence electrons. The molecule has 2 amide bonds. The molecular weight excluding hydrogens is 286 g/mol. The van der Waals surface area contributed by atoms with Crippen LogP contribution in [-0.2, 0) is 19.1 Å². The fraction of sp³-hybridized carbons (Fsp3) is 0.667. The Labute approximate surface area is 131 Å². The molecular formula is C15H25N3O4. The molecule has 0 aromatic heterocycles. The predicted octanol–water partition coefficient (Wildman–Crippen LogP) is -0.368. The molecule has 1 heterocycles. The molecule has 1 atom stereocenters. The summed E-state index contributed by atoms with van der Waals surface area (Å²) in [6, 6.07) is 0. The maximum absolute atomic E-state index is 12.0. The summed E-state index contributed by atoms with van der Waals surface area (Å²) >= 11 is 0. The molecule has 1 aliphatic rings. The largest absolute Gasteiger partial charge is 0.466 e. The standard InChI is InChI=1S/C15H25N3O4/c1-17(2)8-9-18-11-12(10-13(18)19)15(21)16-7-5-4-6-14(20)22-3/h4,6,12H,5,7-11H2,1-3H3,(H,16,21)/b6-4+. The van der Waals surface area contributed by atoms with E-state index in [0.29, 0.717) is 26.1 Å². The van der Waals surface area contributed by atoms with Crippen LogP contribution >= 0.6 is 0 Å². The van der Waals surface area contributed by atoms with Gasteiger partial charge in [0.25, 0.3) is 0 Å². The molecule has 1 unspecified atom stereocenters. The second kappa shape index (κ2) is 9.19. The first kappa shape index (κ1) is 18.2. The van der Waals surface area contributed by atoms with E-state index in [1.165, 1.54) is 13.2 Å². The van der Waals surface area contributed by atoms with Crippen LogP contribution in [0.1, 0.15) is 12.8 Å². The summed E-state index contributed by atoms with van der Waals surface area (Å²) in [7, 11) is 5.22. The van der Waals surface area contributed by atoms with Gasteiger partial charge in [-0.3, -0.25) is 9.59 Å². The molecule has 0 aromatic carbocycles. The van der Waals surface area contributed by atoms with E-state index in [1.807, 2.05) is 19.0 Å². The van der Waals surface area contributed by atoms with Crippen LogP contribution in [0.4, 0.5) is 0 Å². The number of carbonyl (C=O) groups excluding carboxylic acids is 3. The van der Waals surface area contributed by atoms with Crippen molar-refractivity contribution in [2.24, 2.45) is 5.92 Å². The summed E-state index contributed by atoms with van der Waals surface area (Å²) in [6.45, 7) is 2.36. The van der Waals surface area contributed by atoms with Gasteiger partial charge in [-0.05, 0) is 20.5 Å². The Balaban J connectivity index is 2.27. The number of nitrogens with one attached hydrogen (secondary N) is 1. The van der Waals surface area contributed by atoms with Crippen molar-refractivity contribution >= 4 is 17.8 Å². The summed E-state index contributed by atoms with van der Waals surface area (Å²) < 4.78 is 4.46. The second-order valence-electron chi connectivity index (χ2n) is 5.55. The highest BCUT2D eigenvalue weighted by Gasteiger charge is 2.33. The van der Waals surface area contributed by atoms with Gasteiger partial charge in [0.15, 0.2) is 0 Å². The number of rotatable bonds is 8. The third-order valence-electron chi connectivity index (χ3n) is 3.47. The maximum atomic E-state index is 12.0. The normalized spacial score (nSPS) is 18.3. The van der Waals surface area contributed by atoms with E-state index in [9.17, 15) is 14.4 Å². The monoisotopic (exact) mass is 311 g/mol. The SMILES string of the molecule is COC(=O)/C=C/CCNC(=O)C1CC(=O)N(CCN(C)C)C1. The van der Waals surface area contributed by atoms with Gasteiger partial charge in [-0.1, -0.05) is 6.08 Å². The number of ether oxygens (including phenoxy) is 1. The molecule has 0 saturated carbocycles. The number of likely N-dealkylation sites (tertiary alicyclic amines) is 1. The molecule has 1 fully saturated rings. The summed E-state index contributed by atoms with van der Waals surface area (Å²) in [5, 5.41) is 2.79. The van der Waals surface area contributed by atoms with Crippen LogP contribution in [0.15, 0.2) is 12.2 Å². The lowest BCUT2D eigenvalue weighted by atomic mass is 10.1. The van der Waals surface area contributed by atoms with Crippen LogP contribution in [-0.4, -0.2) is 75.0 Å². The summed E-state index contributed by atoms with van der Waals surface area (Å²) in [5.74, 6) is -0.761. The molecule has 22 heavy (non-hydrogen) atoms. The van der Waals surface area contributed by atoms with Crippen molar-refractivity contribution in [1.82, 2.24) is 15.1 Å². The van der Waals surface area contributed by atoms with Crippen LogP contribution in [0, 0.1) is 5.92 Å². The zero-order chi connectivity index (χ0) is 16.5. The first-order valence-electron chi connectivity index (χ1n) is 7.38. The van der Waals surface area contributed by atoms with Gasteiger partial charge >= 0.3 is 5.97 Å². The number of amides is 2. The van der Waals surface area contributed by atoms with E-state index in [-0.39, 0.29) is 24.2 Å². The molecule has 0 spiro atoms. The molecule has 1 rings (SSSR count). The fourth-order valence-corrected chi connectivity index (χ4v) is 2.16. The van der Waals surface area contributed by atoms with Gasteiger partial charge in [-0.25, -0.2) is 4.79 Å². The van der Waals surface area contributed by atoms with Crippen molar-refractivity contribution in [3.05, 3.63) is 12.2 Å². The van der Waals surface area contributed by atoms with Gasteiger partial charge in [0.05, 0.1) is 13.0 Å². The lowest BCUT2D eigenvalue weighted by molar-refractivity contribution is -0.134. The number of carbonyl (C=O) groups is 3. The van der Waals surface area contributed by atoms with Crippen LogP contribution in [0.2, 0.25) is 0 Å². The van der Waals surface area contributed by atoms with Gasteiger partial charge in [0.2, 0.25) is 11.8 Å². The maximum Gasteiger partial charge on any atom is 0.330 e. The quantitative estimate of drug-likeness (QED) is 0.376. The van der Waals surface area contributed by atoms with E-state index in [4.69, 9.17) is 0 Å². The second-order valence-corrected chi connectivity index (χ2v) is 5.55. The number of esters is 1. The van der Waals surface area contributed by atoms with Gasteiger partial charge in [0.1, 0.15) is 0 Å². The van der Waals surface area contributed by atoms with Crippen molar-refractivity contribution in [2.45, 2.75) is 12.8 Å². The summed E-state index contributed by atoms with van der Waals surface area (Å²) in [5.41, 5.74) is 0. The highest BCUT2D eigenvalue weighted by Crippen LogP contribution is 2.17. The Kier molecular flexibility index (Phi) is 7.59. The van der Waals surface area contributed by atoms with E-state index < -0.39 is 5.97 Å². The fourth-order valence-electron chi connectivity index (χ4n) is 2.16. The van der Waals surface area contributed by atoms with Gasteiger partial charge in [-0.15, -0.1) is 0 Å². The lowest BCUT2D eigenvalue weighted by Gasteiger charge is -2.19. The molecule has 0 aromatic rings. The topological polar surface area (TPSA) is 78.9 Å². The third kappa shape index (κ3) is 6.26. The number of hydrogen-bond donors (Lipinski definition) is 1. The Morgan fingerprint density at radius 3 is 2.82 bits per heavy atom. The molecule has 0 bridgehead atoms. The molecule has 1 N–H and O–H groups in total. The van der Waals surface area contributed by atoms with Gasteiger partial charge in [0, 0.05) is 38.7 Å². The zero-order valence-corrected chi connectivity index (χ0v) is 13.5. The molecule has 7 nitrogen and oxygen atoms in total.